The van der Waals surface area contributed by atoms with Crippen LogP contribution in [0.1, 0.15) is 11.1 Å². The molecule has 0 saturated carbocycles. The number of ether oxygens (including phenoxy) is 1. The van der Waals surface area contributed by atoms with Crippen molar-refractivity contribution in [3.8, 4) is 16.9 Å². The maximum atomic E-state index is 5.52. The summed E-state index contributed by atoms with van der Waals surface area (Å²) < 4.78 is 5.52. The van der Waals surface area contributed by atoms with Crippen LogP contribution in [0.3, 0.4) is 0 Å². The van der Waals surface area contributed by atoms with E-state index >= 15 is 0 Å². The molecule has 0 radical (unpaired) electrons. The van der Waals surface area contributed by atoms with Gasteiger partial charge in [-0.25, -0.2) is 4.98 Å². The van der Waals surface area contributed by atoms with E-state index in [1.54, 1.807) is 7.11 Å². The highest BCUT2D eigenvalue weighted by molar-refractivity contribution is 6.11. The molecule has 3 heterocycles. The molecule has 36 heavy (non-hydrogen) atoms. The second-order valence-electron chi connectivity index (χ2n) is 9.42. The molecule has 1 aliphatic heterocycles. The Morgan fingerprint density at radius 1 is 0.833 bits per heavy atom. The highest BCUT2D eigenvalue weighted by Gasteiger charge is 2.15. The largest absolute Gasteiger partial charge is 0.496 e. The van der Waals surface area contributed by atoms with Gasteiger partial charge in [-0.05, 0) is 60.1 Å². The van der Waals surface area contributed by atoms with Gasteiger partial charge in [-0.3, -0.25) is 0 Å². The van der Waals surface area contributed by atoms with Crippen molar-refractivity contribution in [2.75, 3.05) is 45.2 Å². The number of nitrogens with zero attached hydrogens (tertiary/aromatic N) is 3. The van der Waals surface area contributed by atoms with Crippen molar-refractivity contribution in [2.24, 2.45) is 0 Å². The third-order valence-electron chi connectivity index (χ3n) is 7.18. The molecule has 5 nitrogen and oxygen atoms in total. The molecule has 1 aliphatic rings. The molecule has 5 aromatic rings. The number of likely N-dealkylation sites (N-methyl/N-ethyl adjacent to an activating group) is 1. The molecule has 0 amide bonds. The summed E-state index contributed by atoms with van der Waals surface area (Å²) in [5, 5.41) is 2.31. The lowest BCUT2D eigenvalue weighted by Crippen LogP contribution is -2.44. The van der Waals surface area contributed by atoms with Crippen LogP contribution in [-0.4, -0.2) is 55.2 Å². The van der Waals surface area contributed by atoms with Crippen LogP contribution in [0.2, 0.25) is 0 Å². The van der Waals surface area contributed by atoms with Gasteiger partial charge in [0.1, 0.15) is 11.4 Å². The Hall–Kier alpha value is -4.09. The molecule has 6 rings (SSSR count). The number of para-hydroxylation sites is 1. The van der Waals surface area contributed by atoms with Gasteiger partial charge in [0.05, 0.1) is 7.11 Å². The first-order chi connectivity index (χ1) is 17.7. The lowest BCUT2D eigenvalue weighted by molar-refractivity contribution is 0.313. The number of anilines is 1. The number of benzene rings is 3. The van der Waals surface area contributed by atoms with Crippen LogP contribution in [0.25, 0.3) is 45.2 Å². The minimum atomic E-state index is 0.861. The third-order valence-corrected chi connectivity index (χ3v) is 7.18. The zero-order valence-corrected chi connectivity index (χ0v) is 20.7. The molecule has 0 unspecified atom stereocenters. The number of methoxy groups -OCH3 is 1. The number of fused-ring (bicyclic) bond motifs is 3. The van der Waals surface area contributed by atoms with Crippen LogP contribution in [0.15, 0.2) is 79.0 Å². The maximum Gasteiger partial charge on any atom is 0.138 e. The molecule has 2 aromatic heterocycles. The van der Waals surface area contributed by atoms with Gasteiger partial charge >= 0.3 is 0 Å². The molecule has 0 aliphatic carbocycles. The molecule has 1 N–H and O–H groups in total. The average Bonchev–Trinajstić information content (AvgIpc) is 3.31. The Balaban J connectivity index is 1.36. The summed E-state index contributed by atoms with van der Waals surface area (Å²) in [6.45, 7) is 4.38. The number of pyridine rings is 1. The van der Waals surface area contributed by atoms with Crippen LogP contribution >= 0.6 is 0 Å². The summed E-state index contributed by atoms with van der Waals surface area (Å²) >= 11 is 0. The van der Waals surface area contributed by atoms with Crippen molar-refractivity contribution in [3.05, 3.63) is 90.1 Å². The molecule has 3 aromatic carbocycles. The normalized spacial score (nSPS) is 14.8. The number of H-pyrrole nitrogens is 1. The fourth-order valence-corrected chi connectivity index (χ4v) is 5.07. The van der Waals surface area contributed by atoms with E-state index in [2.05, 4.69) is 93.6 Å². The molecule has 5 heteroatoms. The van der Waals surface area contributed by atoms with E-state index in [9.17, 15) is 0 Å². The van der Waals surface area contributed by atoms with Gasteiger partial charge in [0.25, 0.3) is 0 Å². The first kappa shape index (κ1) is 22.4. The van der Waals surface area contributed by atoms with Gasteiger partial charge < -0.3 is 19.5 Å². The smallest absolute Gasteiger partial charge is 0.138 e. The maximum absolute atomic E-state index is 5.52. The number of hydrogen-bond acceptors (Lipinski definition) is 4. The number of nitrogens with one attached hydrogen (secondary N) is 1. The molecule has 0 atom stereocenters. The monoisotopic (exact) mass is 474 g/mol. The minimum absolute atomic E-state index is 0.861. The molecular weight excluding hydrogens is 444 g/mol. The topological polar surface area (TPSA) is 44.4 Å². The number of aromatic nitrogens is 2. The standard InChI is InChI=1S/C31H30N4O/c1-34-17-19-35(20-18-34)26-12-9-22(10-13-26)25-11-14-28-27(21-25)30-24(15-16-32-31(30)33-28)8-7-23-5-3-4-6-29(23)36-2/h3-16,21H,17-20H2,1-2H3,(H,32,33). The van der Waals surface area contributed by atoms with Crippen LogP contribution < -0.4 is 9.64 Å². The molecule has 1 fully saturated rings. The third kappa shape index (κ3) is 4.23. The van der Waals surface area contributed by atoms with E-state index in [1.807, 2.05) is 24.4 Å². The summed E-state index contributed by atoms with van der Waals surface area (Å²) in [7, 11) is 3.90. The Bertz CT molecular complexity index is 1540. The van der Waals surface area contributed by atoms with Gasteiger partial charge in [0.2, 0.25) is 0 Å². The molecule has 180 valence electrons. The Labute approximate surface area is 211 Å². The van der Waals surface area contributed by atoms with Crippen LogP contribution in [0.5, 0.6) is 5.75 Å². The van der Waals surface area contributed by atoms with E-state index in [-0.39, 0.29) is 0 Å². The second kappa shape index (κ2) is 9.51. The predicted molar refractivity (Wildman–Crippen MR) is 151 cm³/mol. The Morgan fingerprint density at radius 3 is 2.39 bits per heavy atom. The molecular formula is C31H30N4O. The summed E-state index contributed by atoms with van der Waals surface area (Å²) in [5.74, 6) is 0.861. The van der Waals surface area contributed by atoms with Gasteiger partial charge in [-0.15, -0.1) is 0 Å². The molecule has 1 saturated heterocycles. The first-order valence-electron chi connectivity index (χ1n) is 12.4. The van der Waals surface area contributed by atoms with E-state index in [0.29, 0.717) is 0 Å². The zero-order chi connectivity index (χ0) is 24.5. The lowest BCUT2D eigenvalue weighted by Gasteiger charge is -2.34. The van der Waals surface area contributed by atoms with Crippen molar-refractivity contribution in [1.29, 1.82) is 0 Å². The van der Waals surface area contributed by atoms with Gasteiger partial charge in [-0.2, -0.15) is 0 Å². The van der Waals surface area contributed by atoms with Crippen LogP contribution in [-0.2, 0) is 0 Å². The first-order valence-corrected chi connectivity index (χ1v) is 12.4. The van der Waals surface area contributed by atoms with Gasteiger partial charge in [0, 0.05) is 59.9 Å². The van der Waals surface area contributed by atoms with E-state index < -0.39 is 0 Å². The number of aromatic amines is 1. The van der Waals surface area contributed by atoms with E-state index in [4.69, 9.17) is 4.74 Å². The van der Waals surface area contributed by atoms with E-state index in [1.165, 1.54) is 22.2 Å². The minimum Gasteiger partial charge on any atom is -0.496 e. The number of piperazine rings is 1. The fraction of sp³-hybridized carbons (Fsp3) is 0.194. The van der Waals surface area contributed by atoms with Crippen LogP contribution in [0, 0.1) is 0 Å². The van der Waals surface area contributed by atoms with Crippen molar-refractivity contribution in [3.63, 3.8) is 0 Å². The Kier molecular flexibility index (Phi) is 5.91. The quantitative estimate of drug-likeness (QED) is 0.324. The predicted octanol–water partition coefficient (Wildman–Crippen LogP) is 6.31. The SMILES string of the molecule is COc1ccccc1C=Cc1ccnc2[nH]c3ccc(-c4ccc(N5CCN(C)CC5)cc4)cc3c12. The second-order valence-corrected chi connectivity index (χ2v) is 9.42. The fourth-order valence-electron chi connectivity index (χ4n) is 5.07. The van der Waals surface area contributed by atoms with Crippen molar-refractivity contribution in [2.45, 2.75) is 0 Å². The molecule has 0 bridgehead atoms. The summed E-state index contributed by atoms with van der Waals surface area (Å²) in [4.78, 5) is 13.0. The van der Waals surface area contributed by atoms with E-state index in [0.717, 1.165) is 59.6 Å². The molecule has 0 spiro atoms. The summed E-state index contributed by atoms with van der Waals surface area (Å²) in [6, 6.07) is 25.7. The van der Waals surface area contributed by atoms with Gasteiger partial charge in [-0.1, -0.05) is 48.6 Å². The zero-order valence-electron chi connectivity index (χ0n) is 20.7. The number of hydrogen-bond donors (Lipinski definition) is 1. The highest BCUT2D eigenvalue weighted by atomic mass is 16.5. The van der Waals surface area contributed by atoms with Gasteiger partial charge in [0.15, 0.2) is 0 Å². The van der Waals surface area contributed by atoms with Crippen molar-refractivity contribution >= 4 is 39.8 Å². The van der Waals surface area contributed by atoms with Crippen LogP contribution in [0.4, 0.5) is 5.69 Å². The van der Waals surface area contributed by atoms with Crippen molar-refractivity contribution < 1.29 is 4.74 Å². The Morgan fingerprint density at radius 2 is 1.58 bits per heavy atom. The van der Waals surface area contributed by atoms with Crippen molar-refractivity contribution in [1.82, 2.24) is 14.9 Å². The summed E-state index contributed by atoms with van der Waals surface area (Å²) in [6.07, 6.45) is 6.11. The lowest BCUT2D eigenvalue weighted by atomic mass is 10.0. The number of rotatable bonds is 5. The average molecular weight is 475 g/mol. The summed E-state index contributed by atoms with van der Waals surface area (Å²) in [5.41, 5.74) is 7.89. The highest BCUT2D eigenvalue weighted by Crippen LogP contribution is 2.33.